The summed E-state index contributed by atoms with van der Waals surface area (Å²) in [5.74, 6) is 0. The van der Waals surface area contributed by atoms with E-state index in [2.05, 4.69) is 0 Å². The van der Waals surface area contributed by atoms with Gasteiger partial charge in [0.05, 0.1) is 0 Å². The molecule has 0 atom stereocenters. The maximum atomic E-state index is 6.25. The number of rotatable bonds is 0. The summed E-state index contributed by atoms with van der Waals surface area (Å²) in [7, 11) is 0. The molecule has 0 saturated heterocycles. The van der Waals surface area contributed by atoms with Gasteiger partial charge in [0.2, 0.25) is 0 Å². The van der Waals surface area contributed by atoms with Crippen molar-refractivity contribution in [1.82, 2.24) is 0 Å². The number of hydrogen-bond acceptors (Lipinski definition) is 1. The first-order valence-electron chi connectivity index (χ1n) is 0.224. The summed E-state index contributed by atoms with van der Waals surface area (Å²) < 4.78 is 0. The maximum absolute atomic E-state index is 6.25. The van der Waals surface area contributed by atoms with E-state index in [9.17, 15) is 0 Å². The molecule has 5 heavy (non-hydrogen) atoms. The van der Waals surface area contributed by atoms with Crippen LogP contribution in [-0.2, 0) is 33.6 Å². The van der Waals surface area contributed by atoms with E-state index in [1.165, 1.54) is 0 Å². The van der Waals surface area contributed by atoms with Gasteiger partial charge < -0.3 is 11.8 Å². The van der Waals surface area contributed by atoms with E-state index in [1.807, 2.05) is 0 Å². The largest absolute Gasteiger partial charge is 1.00 e. The molecule has 0 N–H and O–H groups in total. The first-order chi connectivity index (χ1) is 1.00. The maximum Gasteiger partial charge on any atom is 1.00 e. The van der Waals surface area contributed by atoms with Crippen molar-refractivity contribution in [3.8, 4) is 0 Å². The third-order valence-electron chi connectivity index (χ3n) is 0. The Morgan fingerprint density at radius 3 is 1.20 bits per heavy atom. The topological polar surface area (TPSA) is 23.8 Å². The molecule has 0 unspecified atom stereocenters. The Morgan fingerprint density at radius 2 is 1.20 bits per heavy atom. The summed E-state index contributed by atoms with van der Waals surface area (Å²) in [4.78, 5) is 0. The Labute approximate surface area is 94.7 Å². The van der Waals surface area contributed by atoms with Gasteiger partial charge in [-0.05, 0) is 0 Å². The van der Waals surface area contributed by atoms with E-state index >= 15 is 0 Å². The van der Waals surface area contributed by atoms with Gasteiger partial charge in [-0.2, -0.15) is 0 Å². The van der Waals surface area contributed by atoms with Crippen molar-refractivity contribution < 1.29 is 84.9 Å². The van der Waals surface area contributed by atoms with Crippen molar-refractivity contribution in [2.75, 3.05) is 0 Å². The Balaban J connectivity index is -0.00000000167. The summed E-state index contributed by atoms with van der Waals surface area (Å²) >= 11 is 0. The quantitative estimate of drug-likeness (QED) is 0.289. The van der Waals surface area contributed by atoms with Gasteiger partial charge in [-0.3, -0.25) is 0 Å². The molecular weight excluding hydrogens is 180 g/mol. The van der Waals surface area contributed by atoms with Crippen molar-refractivity contribution in [3.05, 3.63) is 6.57 Å². The zero-order chi connectivity index (χ0) is 2.00. The normalized spacial score (nSPS) is 0.400. The van der Waals surface area contributed by atoms with Crippen molar-refractivity contribution in [2.45, 2.75) is 0 Å². The second kappa shape index (κ2) is 35.4. The molecule has 0 bridgehead atoms. The van der Waals surface area contributed by atoms with Crippen LogP contribution >= 0.6 is 0 Å². The third kappa shape index (κ3) is 23.0. The second-order valence-electron chi connectivity index (χ2n) is 0. The fourth-order valence-electron chi connectivity index (χ4n) is 0. The summed E-state index contributed by atoms with van der Waals surface area (Å²) in [6, 6.07) is 0. The second-order valence-corrected chi connectivity index (χ2v) is 0. The van der Waals surface area contributed by atoms with Crippen molar-refractivity contribution in [2.24, 2.45) is 0 Å². The van der Waals surface area contributed by atoms with Crippen LogP contribution in [0.25, 0.3) is 0 Å². The fraction of sp³-hybridized carbons (Fsp3) is 0. The molecule has 4 heteroatoms. The SMILES string of the molecule is [C-]#N.[Fe].[K+].[Ni]. The van der Waals surface area contributed by atoms with Crippen molar-refractivity contribution >= 4 is 0 Å². The van der Waals surface area contributed by atoms with Gasteiger partial charge in [0.15, 0.2) is 0 Å². The van der Waals surface area contributed by atoms with Crippen LogP contribution in [0.15, 0.2) is 0 Å². The minimum absolute atomic E-state index is 0. The van der Waals surface area contributed by atoms with Gasteiger partial charge in [0.25, 0.3) is 0 Å². The van der Waals surface area contributed by atoms with Gasteiger partial charge in [-0.1, -0.05) is 0 Å². The molecule has 0 amide bonds. The predicted molar refractivity (Wildman–Crippen MR) is 4.97 cm³/mol. The van der Waals surface area contributed by atoms with Crippen LogP contribution in [0.4, 0.5) is 0 Å². The molecule has 0 aliphatic rings. The first-order valence-corrected chi connectivity index (χ1v) is 0.224. The third-order valence-corrected chi connectivity index (χ3v) is 0. The predicted octanol–water partition coefficient (Wildman–Crippen LogP) is -2.90. The van der Waals surface area contributed by atoms with Gasteiger partial charge in [0.1, 0.15) is 0 Å². The molecule has 0 radical (unpaired) electrons. The molecule has 28 valence electrons. The molecule has 0 aromatic carbocycles. The van der Waals surface area contributed by atoms with E-state index in [1.54, 1.807) is 0 Å². The zero-order valence-electron chi connectivity index (χ0n) is 2.62. The van der Waals surface area contributed by atoms with Crippen molar-refractivity contribution in [3.63, 3.8) is 0 Å². The summed E-state index contributed by atoms with van der Waals surface area (Å²) in [5.41, 5.74) is 0. The van der Waals surface area contributed by atoms with Crippen LogP contribution in [0.2, 0.25) is 0 Å². The smallest absolute Gasteiger partial charge is 0.512 e. The number of nitrogens with zero attached hydrogens (tertiary/aromatic N) is 1. The Bertz CT molecular complexity index is 16.4. The van der Waals surface area contributed by atoms with Gasteiger partial charge in [-0.25, -0.2) is 0 Å². The molecule has 0 aromatic rings. The van der Waals surface area contributed by atoms with Crippen LogP contribution in [-0.4, -0.2) is 0 Å². The van der Waals surface area contributed by atoms with Crippen LogP contribution in [0.5, 0.6) is 0 Å². The molecule has 0 aliphatic heterocycles. The summed E-state index contributed by atoms with van der Waals surface area (Å²) in [6.45, 7) is 4.75. The number of hydrogen-bond donors (Lipinski definition) is 0. The molecule has 0 aromatic heterocycles. The Kier molecular flexibility index (Phi) is 193. The van der Waals surface area contributed by atoms with E-state index in [4.69, 9.17) is 11.8 Å². The van der Waals surface area contributed by atoms with Crippen molar-refractivity contribution in [1.29, 1.82) is 5.26 Å². The molecule has 1 nitrogen and oxygen atoms in total. The summed E-state index contributed by atoms with van der Waals surface area (Å²) in [5, 5.41) is 6.25. The van der Waals surface area contributed by atoms with Gasteiger partial charge >= 0.3 is 51.4 Å². The minimum atomic E-state index is 0. The summed E-state index contributed by atoms with van der Waals surface area (Å²) in [6.07, 6.45) is 0. The molecule has 0 spiro atoms. The van der Waals surface area contributed by atoms with E-state index in [-0.39, 0.29) is 84.9 Å². The standard InChI is InChI=1S/CN.Fe.K.Ni/c1-2;;;/q-1;;+1;. The van der Waals surface area contributed by atoms with Gasteiger partial charge in [0, 0.05) is 33.6 Å². The Hall–Kier alpha value is 2.14. The molecule has 0 fully saturated rings. The molecule has 0 saturated carbocycles. The minimum Gasteiger partial charge on any atom is -0.512 e. The van der Waals surface area contributed by atoms with E-state index in [0.29, 0.717) is 0 Å². The van der Waals surface area contributed by atoms with Crippen LogP contribution in [0, 0.1) is 11.8 Å². The van der Waals surface area contributed by atoms with Crippen LogP contribution in [0.1, 0.15) is 0 Å². The Morgan fingerprint density at radius 1 is 1.20 bits per heavy atom. The van der Waals surface area contributed by atoms with E-state index in [0.717, 1.165) is 0 Å². The molecule has 0 aliphatic carbocycles. The molecular formula is CFeKNNi. The van der Waals surface area contributed by atoms with Gasteiger partial charge in [-0.15, -0.1) is 0 Å². The zero-order valence-corrected chi connectivity index (χ0v) is 7.83. The molecule has 0 rings (SSSR count). The first kappa shape index (κ1) is 27.3. The van der Waals surface area contributed by atoms with Crippen LogP contribution in [0.3, 0.4) is 0 Å². The average molecular weight is 180 g/mol. The van der Waals surface area contributed by atoms with Crippen LogP contribution < -0.4 is 51.4 Å². The fourth-order valence-corrected chi connectivity index (χ4v) is 0. The average Bonchev–Trinajstić information content (AvgIpc) is 1.00. The van der Waals surface area contributed by atoms with E-state index < -0.39 is 0 Å². The monoisotopic (exact) mass is 179 g/mol. The molecule has 0 heterocycles.